The highest BCUT2D eigenvalue weighted by Gasteiger charge is 2.24. The number of nitriles is 1. The van der Waals surface area contributed by atoms with Crippen molar-refractivity contribution in [3.63, 3.8) is 0 Å². The molecule has 2 N–H and O–H groups in total. The third kappa shape index (κ3) is 7.14. The van der Waals surface area contributed by atoms with Crippen molar-refractivity contribution in [3.8, 4) is 6.07 Å². The minimum Gasteiger partial charge on any atom is -0.450 e. The fraction of sp³-hybridized carbons (Fsp3) is 0.526. The largest absolute Gasteiger partial charge is 0.450 e. The number of hydrogen-bond acceptors (Lipinski definition) is 4. The molecule has 1 aliphatic rings. The Hall–Kier alpha value is -2.09. The predicted molar refractivity (Wildman–Crippen MR) is 116 cm³/mol. The van der Waals surface area contributed by atoms with E-state index in [-0.39, 0.29) is 42.7 Å². The summed E-state index contributed by atoms with van der Waals surface area (Å²) >= 11 is 0. The Bertz CT molecular complexity index is 715. The van der Waals surface area contributed by atoms with E-state index in [0.29, 0.717) is 43.3 Å². The summed E-state index contributed by atoms with van der Waals surface area (Å²) in [4.78, 5) is 17.9. The Morgan fingerprint density at radius 1 is 1.39 bits per heavy atom. The van der Waals surface area contributed by atoms with Crippen LogP contribution in [-0.2, 0) is 11.3 Å². The van der Waals surface area contributed by atoms with Crippen LogP contribution < -0.4 is 10.6 Å². The second kappa shape index (κ2) is 12.4. The SMILES string of the molecule is CCNC(=NCc1ccc(C#N)cc1F)NC1CCN(C(=O)OCC)CC1.I. The molecule has 28 heavy (non-hydrogen) atoms. The van der Waals surface area contributed by atoms with E-state index in [9.17, 15) is 9.18 Å². The number of nitrogens with zero attached hydrogens (tertiary/aromatic N) is 3. The van der Waals surface area contributed by atoms with Gasteiger partial charge in [-0.1, -0.05) is 6.07 Å². The highest BCUT2D eigenvalue weighted by molar-refractivity contribution is 14.0. The molecule has 154 valence electrons. The lowest BCUT2D eigenvalue weighted by Crippen LogP contribution is -2.49. The van der Waals surface area contributed by atoms with Crippen LogP contribution in [0.1, 0.15) is 37.8 Å². The van der Waals surface area contributed by atoms with Gasteiger partial charge in [-0.25, -0.2) is 14.2 Å². The van der Waals surface area contributed by atoms with Gasteiger partial charge in [-0.3, -0.25) is 0 Å². The van der Waals surface area contributed by atoms with Crippen LogP contribution in [-0.4, -0.2) is 49.2 Å². The quantitative estimate of drug-likeness (QED) is 0.367. The summed E-state index contributed by atoms with van der Waals surface area (Å²) in [5.74, 6) is 0.173. The van der Waals surface area contributed by atoms with E-state index in [1.165, 1.54) is 6.07 Å². The molecule has 7 nitrogen and oxygen atoms in total. The van der Waals surface area contributed by atoms with Crippen LogP contribution >= 0.6 is 24.0 Å². The van der Waals surface area contributed by atoms with Crippen molar-refractivity contribution >= 4 is 36.0 Å². The monoisotopic (exact) mass is 503 g/mol. The highest BCUT2D eigenvalue weighted by atomic mass is 127. The van der Waals surface area contributed by atoms with Gasteiger partial charge in [0, 0.05) is 31.2 Å². The Morgan fingerprint density at radius 2 is 2.11 bits per heavy atom. The lowest BCUT2D eigenvalue weighted by molar-refractivity contribution is 0.0963. The van der Waals surface area contributed by atoms with E-state index in [1.54, 1.807) is 24.0 Å². The maximum absolute atomic E-state index is 14.0. The number of hydrogen-bond donors (Lipinski definition) is 2. The van der Waals surface area contributed by atoms with Gasteiger partial charge in [-0.15, -0.1) is 24.0 Å². The number of piperidine rings is 1. The number of nitrogens with one attached hydrogen (secondary N) is 2. The minimum absolute atomic E-state index is 0. The molecule has 0 spiro atoms. The lowest BCUT2D eigenvalue weighted by atomic mass is 10.1. The fourth-order valence-corrected chi connectivity index (χ4v) is 2.84. The molecule has 0 bridgehead atoms. The van der Waals surface area contributed by atoms with Crippen molar-refractivity contribution in [3.05, 3.63) is 35.1 Å². The van der Waals surface area contributed by atoms with Gasteiger partial charge in [0.15, 0.2) is 5.96 Å². The molecule has 2 rings (SSSR count). The first kappa shape index (κ1) is 23.9. The van der Waals surface area contributed by atoms with Crippen LogP contribution in [0.3, 0.4) is 0 Å². The van der Waals surface area contributed by atoms with Crippen molar-refractivity contribution in [2.75, 3.05) is 26.2 Å². The topological polar surface area (TPSA) is 89.8 Å². The predicted octanol–water partition coefficient (Wildman–Crippen LogP) is 2.99. The molecule has 1 fully saturated rings. The first-order valence-electron chi connectivity index (χ1n) is 9.22. The molecular formula is C19H27FIN5O2. The van der Waals surface area contributed by atoms with Crippen molar-refractivity contribution < 1.29 is 13.9 Å². The molecule has 1 amide bonds. The highest BCUT2D eigenvalue weighted by Crippen LogP contribution is 2.13. The van der Waals surface area contributed by atoms with Gasteiger partial charge in [0.2, 0.25) is 0 Å². The first-order chi connectivity index (χ1) is 13.1. The van der Waals surface area contributed by atoms with Gasteiger partial charge in [-0.05, 0) is 38.8 Å². The number of carbonyl (C=O) groups excluding carboxylic acids is 1. The normalized spacial score (nSPS) is 14.6. The van der Waals surface area contributed by atoms with E-state index in [4.69, 9.17) is 10.00 Å². The van der Waals surface area contributed by atoms with E-state index in [2.05, 4.69) is 15.6 Å². The molecule has 0 aromatic heterocycles. The minimum atomic E-state index is -0.434. The zero-order chi connectivity index (χ0) is 19.6. The van der Waals surface area contributed by atoms with E-state index in [1.807, 2.05) is 13.0 Å². The zero-order valence-electron chi connectivity index (χ0n) is 16.2. The van der Waals surface area contributed by atoms with E-state index < -0.39 is 5.82 Å². The Labute approximate surface area is 182 Å². The molecule has 0 unspecified atom stereocenters. The van der Waals surface area contributed by atoms with Crippen molar-refractivity contribution in [1.82, 2.24) is 15.5 Å². The third-order valence-corrected chi connectivity index (χ3v) is 4.30. The lowest BCUT2D eigenvalue weighted by Gasteiger charge is -2.32. The molecule has 9 heteroatoms. The molecule has 0 radical (unpaired) electrons. The van der Waals surface area contributed by atoms with Gasteiger partial charge < -0.3 is 20.3 Å². The van der Waals surface area contributed by atoms with E-state index >= 15 is 0 Å². The number of halogens is 2. The van der Waals surface area contributed by atoms with Gasteiger partial charge in [0.05, 0.1) is 24.8 Å². The summed E-state index contributed by atoms with van der Waals surface area (Å²) in [6.45, 7) is 6.24. The second-order valence-corrected chi connectivity index (χ2v) is 6.22. The first-order valence-corrected chi connectivity index (χ1v) is 9.22. The van der Waals surface area contributed by atoms with Crippen molar-refractivity contribution in [1.29, 1.82) is 5.26 Å². The average Bonchev–Trinajstić information content (AvgIpc) is 2.67. The third-order valence-electron chi connectivity index (χ3n) is 4.30. The molecule has 1 heterocycles. The number of amides is 1. The zero-order valence-corrected chi connectivity index (χ0v) is 18.5. The van der Waals surface area contributed by atoms with Gasteiger partial charge in [0.25, 0.3) is 0 Å². The van der Waals surface area contributed by atoms with Crippen LogP contribution in [0.15, 0.2) is 23.2 Å². The van der Waals surface area contributed by atoms with Crippen LogP contribution in [0.2, 0.25) is 0 Å². The summed E-state index contributed by atoms with van der Waals surface area (Å²) in [6.07, 6.45) is 1.30. The van der Waals surface area contributed by atoms with Gasteiger partial charge in [-0.2, -0.15) is 5.26 Å². The fourth-order valence-electron chi connectivity index (χ4n) is 2.84. The number of guanidine groups is 1. The maximum atomic E-state index is 14.0. The number of likely N-dealkylation sites (tertiary alicyclic amines) is 1. The molecule has 1 aromatic rings. The number of carbonyl (C=O) groups is 1. The van der Waals surface area contributed by atoms with Crippen LogP contribution in [0.25, 0.3) is 0 Å². The molecule has 1 aromatic carbocycles. The smallest absolute Gasteiger partial charge is 0.409 e. The summed E-state index contributed by atoms with van der Waals surface area (Å²) in [7, 11) is 0. The standard InChI is InChI=1S/C19H26FN5O2.HI/c1-3-22-18(23-13-15-6-5-14(12-21)11-17(15)20)24-16-7-9-25(10-8-16)19(26)27-4-2;/h5-6,11,16H,3-4,7-10,13H2,1-2H3,(H2,22,23,24);1H. The summed E-state index contributed by atoms with van der Waals surface area (Å²) in [6, 6.07) is 6.48. The summed E-state index contributed by atoms with van der Waals surface area (Å²) < 4.78 is 19.0. The molecule has 1 aliphatic heterocycles. The molecule has 1 saturated heterocycles. The number of ether oxygens (including phenoxy) is 1. The van der Waals surface area contributed by atoms with E-state index in [0.717, 1.165) is 12.8 Å². The summed E-state index contributed by atoms with van der Waals surface area (Å²) in [5, 5.41) is 15.3. The Morgan fingerprint density at radius 3 is 2.68 bits per heavy atom. The molecule has 0 saturated carbocycles. The Kier molecular flexibility index (Phi) is 10.6. The second-order valence-electron chi connectivity index (χ2n) is 6.22. The number of benzene rings is 1. The molecule has 0 aliphatic carbocycles. The number of rotatable bonds is 5. The van der Waals surface area contributed by atoms with Crippen LogP contribution in [0.5, 0.6) is 0 Å². The molecule has 0 atom stereocenters. The maximum Gasteiger partial charge on any atom is 0.409 e. The van der Waals surface area contributed by atoms with Gasteiger partial charge >= 0.3 is 6.09 Å². The summed E-state index contributed by atoms with van der Waals surface area (Å²) in [5.41, 5.74) is 0.724. The van der Waals surface area contributed by atoms with Crippen LogP contribution in [0.4, 0.5) is 9.18 Å². The van der Waals surface area contributed by atoms with Crippen LogP contribution in [0, 0.1) is 17.1 Å². The Balaban J connectivity index is 0.00000392. The average molecular weight is 503 g/mol. The van der Waals surface area contributed by atoms with Gasteiger partial charge in [0.1, 0.15) is 5.82 Å². The van der Waals surface area contributed by atoms with Crippen molar-refractivity contribution in [2.45, 2.75) is 39.3 Å². The molecular weight excluding hydrogens is 476 g/mol. The number of aliphatic imine (C=N–C) groups is 1. The van der Waals surface area contributed by atoms with Crippen molar-refractivity contribution in [2.24, 2.45) is 4.99 Å².